The zero-order valence-electron chi connectivity index (χ0n) is 7.68. The number of alkyl halides is 3. The number of hydrogen-bond acceptors (Lipinski definition) is 2. The maximum absolute atomic E-state index is 12.5. The molecule has 1 aromatic carbocycles. The van der Waals surface area contributed by atoms with Gasteiger partial charge in [-0.05, 0) is 34.7 Å². The third-order valence-corrected chi connectivity index (χ3v) is 2.57. The van der Waals surface area contributed by atoms with Crippen molar-refractivity contribution in [1.29, 1.82) is 0 Å². The van der Waals surface area contributed by atoms with Crippen LogP contribution in [0.1, 0.15) is 5.56 Å². The first-order chi connectivity index (χ1) is 6.81. The summed E-state index contributed by atoms with van der Waals surface area (Å²) in [4.78, 5) is 0. The van der Waals surface area contributed by atoms with Crippen LogP contribution in [0.5, 0.6) is 0 Å². The molecule has 1 rings (SSSR count). The fourth-order valence-electron chi connectivity index (χ4n) is 1.10. The van der Waals surface area contributed by atoms with E-state index in [4.69, 9.17) is 0 Å². The van der Waals surface area contributed by atoms with Crippen LogP contribution in [0, 0.1) is 3.57 Å². The highest BCUT2D eigenvalue weighted by Crippen LogP contribution is 2.39. The topological polar surface area (TPSA) is 29.5 Å². The van der Waals surface area contributed by atoms with Crippen LogP contribution in [-0.4, -0.2) is 18.4 Å². The second-order valence-electron chi connectivity index (χ2n) is 2.86. The second-order valence-corrected chi connectivity index (χ2v) is 4.10. The summed E-state index contributed by atoms with van der Waals surface area (Å²) in [6, 6.07) is 5.43. The average molecular weight is 332 g/mol. The van der Waals surface area contributed by atoms with Gasteiger partial charge in [-0.3, -0.25) is 0 Å². The first kappa shape index (κ1) is 12.7. The quantitative estimate of drug-likeness (QED) is 0.667. The molecule has 1 atom stereocenters. The SMILES string of the molecule is COC(O)(c1cccc(I)c1)C(F)(F)F. The largest absolute Gasteiger partial charge is 0.448 e. The third kappa shape index (κ3) is 2.43. The minimum Gasteiger partial charge on any atom is -0.355 e. The summed E-state index contributed by atoms with van der Waals surface area (Å²) < 4.78 is 42.4. The Morgan fingerprint density at radius 2 is 1.93 bits per heavy atom. The van der Waals surface area contributed by atoms with E-state index in [-0.39, 0.29) is 5.56 Å². The van der Waals surface area contributed by atoms with E-state index in [0.29, 0.717) is 3.57 Å². The molecule has 0 aliphatic heterocycles. The van der Waals surface area contributed by atoms with E-state index < -0.39 is 12.0 Å². The van der Waals surface area contributed by atoms with E-state index in [1.54, 1.807) is 6.07 Å². The molecule has 0 aromatic heterocycles. The predicted octanol–water partition coefficient (Wildman–Crippen LogP) is 2.65. The molecule has 1 unspecified atom stereocenters. The molecule has 0 spiro atoms. The van der Waals surface area contributed by atoms with Gasteiger partial charge in [0.25, 0.3) is 5.79 Å². The number of hydrogen-bond donors (Lipinski definition) is 1. The molecule has 0 saturated carbocycles. The molecule has 0 aliphatic rings. The molecule has 0 aliphatic carbocycles. The fourth-order valence-corrected chi connectivity index (χ4v) is 1.64. The van der Waals surface area contributed by atoms with Gasteiger partial charge in [-0.1, -0.05) is 12.1 Å². The molecular formula is C9H8F3IO2. The van der Waals surface area contributed by atoms with Crippen molar-refractivity contribution < 1.29 is 23.0 Å². The summed E-state index contributed by atoms with van der Waals surface area (Å²) in [5.41, 5.74) is -0.329. The van der Waals surface area contributed by atoms with Gasteiger partial charge < -0.3 is 9.84 Å². The molecule has 6 heteroatoms. The zero-order chi connectivity index (χ0) is 11.7. The van der Waals surface area contributed by atoms with Crippen LogP contribution < -0.4 is 0 Å². The normalized spacial score (nSPS) is 16.1. The van der Waals surface area contributed by atoms with Gasteiger partial charge in [-0.25, -0.2) is 0 Å². The number of aliphatic hydroxyl groups is 1. The fraction of sp³-hybridized carbons (Fsp3) is 0.333. The summed E-state index contributed by atoms with van der Waals surface area (Å²) in [7, 11) is 0.813. The van der Waals surface area contributed by atoms with Gasteiger partial charge in [0.05, 0.1) is 0 Å². The summed E-state index contributed by atoms with van der Waals surface area (Å²) in [6.45, 7) is 0. The Balaban J connectivity index is 3.23. The average Bonchev–Trinajstić information content (AvgIpc) is 2.14. The van der Waals surface area contributed by atoms with Gasteiger partial charge >= 0.3 is 6.18 Å². The van der Waals surface area contributed by atoms with E-state index in [1.807, 2.05) is 22.6 Å². The number of methoxy groups -OCH3 is 1. The van der Waals surface area contributed by atoms with Gasteiger partial charge in [0.15, 0.2) is 0 Å². The highest BCUT2D eigenvalue weighted by atomic mass is 127. The Morgan fingerprint density at radius 3 is 2.33 bits per heavy atom. The van der Waals surface area contributed by atoms with E-state index >= 15 is 0 Å². The number of halogens is 4. The number of rotatable bonds is 2. The van der Waals surface area contributed by atoms with Crippen LogP contribution in [-0.2, 0) is 10.5 Å². The van der Waals surface area contributed by atoms with Crippen LogP contribution in [0.4, 0.5) is 13.2 Å². The summed E-state index contributed by atoms with van der Waals surface area (Å²) in [6.07, 6.45) is -4.87. The molecule has 0 bridgehead atoms. The van der Waals surface area contributed by atoms with Gasteiger partial charge in [0.1, 0.15) is 0 Å². The van der Waals surface area contributed by atoms with Crippen molar-refractivity contribution in [2.45, 2.75) is 12.0 Å². The number of ether oxygens (including phenoxy) is 1. The van der Waals surface area contributed by atoms with Crippen molar-refractivity contribution in [3.63, 3.8) is 0 Å². The maximum Gasteiger partial charge on any atom is 0.448 e. The van der Waals surface area contributed by atoms with Crippen LogP contribution in [0.2, 0.25) is 0 Å². The van der Waals surface area contributed by atoms with E-state index in [0.717, 1.165) is 7.11 Å². The molecular weight excluding hydrogens is 324 g/mol. The van der Waals surface area contributed by atoms with E-state index in [9.17, 15) is 18.3 Å². The zero-order valence-corrected chi connectivity index (χ0v) is 9.83. The van der Waals surface area contributed by atoms with Crippen molar-refractivity contribution in [3.8, 4) is 0 Å². The van der Waals surface area contributed by atoms with Crippen molar-refractivity contribution >= 4 is 22.6 Å². The molecule has 2 nitrogen and oxygen atoms in total. The molecule has 15 heavy (non-hydrogen) atoms. The Morgan fingerprint density at radius 1 is 1.33 bits per heavy atom. The number of benzene rings is 1. The molecule has 1 aromatic rings. The Hall–Kier alpha value is -0.340. The lowest BCUT2D eigenvalue weighted by Crippen LogP contribution is -2.43. The first-order valence-corrected chi connectivity index (χ1v) is 4.99. The van der Waals surface area contributed by atoms with Crippen LogP contribution >= 0.6 is 22.6 Å². The van der Waals surface area contributed by atoms with Crippen molar-refractivity contribution in [2.75, 3.05) is 7.11 Å². The molecule has 1 N–H and O–H groups in total. The third-order valence-electron chi connectivity index (χ3n) is 1.90. The minimum atomic E-state index is -4.87. The summed E-state index contributed by atoms with van der Waals surface area (Å²) in [5.74, 6) is -3.24. The van der Waals surface area contributed by atoms with Gasteiger partial charge in [0.2, 0.25) is 0 Å². The molecule has 0 heterocycles. The molecule has 0 amide bonds. The molecule has 0 fully saturated rings. The van der Waals surface area contributed by atoms with Gasteiger partial charge in [-0.2, -0.15) is 13.2 Å². The predicted molar refractivity (Wildman–Crippen MR) is 56.1 cm³/mol. The highest BCUT2D eigenvalue weighted by Gasteiger charge is 2.56. The minimum absolute atomic E-state index is 0.329. The van der Waals surface area contributed by atoms with Crippen molar-refractivity contribution in [2.24, 2.45) is 0 Å². The van der Waals surface area contributed by atoms with Crippen molar-refractivity contribution in [1.82, 2.24) is 0 Å². The van der Waals surface area contributed by atoms with E-state index in [2.05, 4.69) is 4.74 Å². The standard InChI is InChI=1S/C9H8F3IO2/c1-15-8(14,9(10,11)12)6-3-2-4-7(13)5-6/h2-5,14H,1H3. The van der Waals surface area contributed by atoms with Gasteiger partial charge in [-0.15, -0.1) is 0 Å². The Kier molecular flexibility index (Phi) is 3.62. The van der Waals surface area contributed by atoms with Crippen molar-refractivity contribution in [3.05, 3.63) is 33.4 Å². The maximum atomic E-state index is 12.5. The summed E-state index contributed by atoms with van der Waals surface area (Å²) in [5, 5.41) is 9.40. The highest BCUT2D eigenvalue weighted by molar-refractivity contribution is 14.1. The lowest BCUT2D eigenvalue weighted by molar-refractivity contribution is -0.367. The summed E-state index contributed by atoms with van der Waals surface area (Å²) >= 11 is 1.86. The first-order valence-electron chi connectivity index (χ1n) is 3.91. The lowest BCUT2D eigenvalue weighted by Gasteiger charge is -2.29. The monoisotopic (exact) mass is 332 g/mol. The Bertz CT molecular complexity index is 353. The second kappa shape index (κ2) is 4.26. The van der Waals surface area contributed by atoms with Crippen LogP contribution in [0.3, 0.4) is 0 Å². The smallest absolute Gasteiger partial charge is 0.355 e. The van der Waals surface area contributed by atoms with E-state index in [1.165, 1.54) is 18.2 Å². The van der Waals surface area contributed by atoms with Crippen LogP contribution in [0.15, 0.2) is 24.3 Å². The molecule has 84 valence electrons. The van der Waals surface area contributed by atoms with Crippen LogP contribution in [0.25, 0.3) is 0 Å². The Labute approximate surface area is 98.2 Å². The molecule has 0 radical (unpaired) electrons. The lowest BCUT2D eigenvalue weighted by atomic mass is 10.1. The molecule has 0 saturated heterocycles. The van der Waals surface area contributed by atoms with Gasteiger partial charge in [0, 0.05) is 16.2 Å².